The maximum absolute atomic E-state index is 12.6. The van der Waals surface area contributed by atoms with Crippen LogP contribution >= 0.6 is 0 Å². The van der Waals surface area contributed by atoms with Gasteiger partial charge in [-0.05, 0) is 12.8 Å². The summed E-state index contributed by atoms with van der Waals surface area (Å²) in [7, 11) is 0. The topological polar surface area (TPSA) is 0 Å². The fourth-order valence-corrected chi connectivity index (χ4v) is 1.85. The molecule has 3 heteroatoms. The van der Waals surface area contributed by atoms with Gasteiger partial charge in [-0.2, -0.15) is 13.2 Å². The quantitative estimate of drug-likeness (QED) is 0.532. The van der Waals surface area contributed by atoms with Gasteiger partial charge in [0.25, 0.3) is 0 Å². The van der Waals surface area contributed by atoms with E-state index in [2.05, 4.69) is 11.8 Å². The molecule has 0 aromatic carbocycles. The van der Waals surface area contributed by atoms with Gasteiger partial charge in [0.2, 0.25) is 0 Å². The van der Waals surface area contributed by atoms with E-state index >= 15 is 0 Å². The molecule has 1 rings (SSSR count). The third-order valence-electron chi connectivity index (χ3n) is 2.86. The van der Waals surface area contributed by atoms with Crippen molar-refractivity contribution in [2.24, 2.45) is 0 Å². The standard InChI is InChI=1S/C13H18F3/c14-13(15,16)12-10-8-6-4-2-1-3-5-7-9-11-12/h1-6,8,10-11H2. The van der Waals surface area contributed by atoms with Crippen LogP contribution in [0.3, 0.4) is 0 Å². The van der Waals surface area contributed by atoms with E-state index in [1.165, 1.54) is 0 Å². The van der Waals surface area contributed by atoms with Crippen molar-refractivity contribution in [2.75, 3.05) is 0 Å². The highest BCUT2D eigenvalue weighted by Crippen LogP contribution is 2.34. The predicted octanol–water partition coefficient (Wildman–Crippen LogP) is 4.65. The van der Waals surface area contributed by atoms with Crippen LogP contribution in [0.1, 0.15) is 57.8 Å². The molecule has 0 unspecified atom stereocenters. The summed E-state index contributed by atoms with van der Waals surface area (Å²) in [5.74, 6) is 5.14. The number of rotatable bonds is 0. The van der Waals surface area contributed by atoms with E-state index in [1.807, 2.05) is 0 Å². The van der Waals surface area contributed by atoms with Gasteiger partial charge in [0.05, 0.1) is 5.92 Å². The summed E-state index contributed by atoms with van der Waals surface area (Å²) in [5, 5.41) is 0. The molecule has 0 aromatic heterocycles. The zero-order chi connectivity index (χ0) is 11.9. The summed E-state index contributed by atoms with van der Waals surface area (Å²) < 4.78 is 37.7. The summed E-state index contributed by atoms with van der Waals surface area (Å²) in [6.07, 6.45) is 2.58. The summed E-state index contributed by atoms with van der Waals surface area (Å²) >= 11 is 0. The van der Waals surface area contributed by atoms with E-state index in [0.29, 0.717) is 6.42 Å². The van der Waals surface area contributed by atoms with Crippen molar-refractivity contribution >= 4 is 0 Å². The lowest BCUT2D eigenvalue weighted by atomic mass is 9.96. The monoisotopic (exact) mass is 231 g/mol. The van der Waals surface area contributed by atoms with E-state index < -0.39 is 6.18 Å². The molecule has 0 atom stereocenters. The fourth-order valence-electron chi connectivity index (χ4n) is 1.85. The lowest BCUT2D eigenvalue weighted by Gasteiger charge is -2.17. The second kappa shape index (κ2) is 6.83. The molecule has 0 spiro atoms. The summed E-state index contributed by atoms with van der Waals surface area (Å²) in [5.41, 5.74) is 0. The Labute approximate surface area is 95.6 Å². The van der Waals surface area contributed by atoms with Gasteiger partial charge in [0, 0.05) is 12.8 Å². The van der Waals surface area contributed by atoms with Crippen LogP contribution in [0, 0.1) is 17.8 Å². The molecule has 0 N–H and O–H groups in total. The van der Waals surface area contributed by atoms with Crippen LogP contribution in [-0.4, -0.2) is 6.18 Å². The van der Waals surface area contributed by atoms with E-state index in [0.717, 1.165) is 38.5 Å². The highest BCUT2D eigenvalue weighted by Gasteiger charge is 2.38. The molecule has 0 amide bonds. The van der Waals surface area contributed by atoms with Crippen molar-refractivity contribution < 1.29 is 13.2 Å². The van der Waals surface area contributed by atoms with Crippen molar-refractivity contribution in [1.82, 2.24) is 0 Å². The largest absolute Gasteiger partial charge is 0.396 e. The molecule has 0 nitrogen and oxygen atoms in total. The van der Waals surface area contributed by atoms with Crippen LogP contribution < -0.4 is 0 Å². The number of hydrogen-bond acceptors (Lipinski definition) is 0. The van der Waals surface area contributed by atoms with Gasteiger partial charge in [0.15, 0.2) is 0 Å². The first-order chi connectivity index (χ1) is 7.61. The second-order valence-electron chi connectivity index (χ2n) is 4.25. The average Bonchev–Trinajstić information content (AvgIpc) is 2.16. The summed E-state index contributed by atoms with van der Waals surface area (Å²) in [4.78, 5) is 0. The predicted molar refractivity (Wildman–Crippen MR) is 58.6 cm³/mol. The van der Waals surface area contributed by atoms with Gasteiger partial charge in [-0.25, -0.2) is 0 Å². The third kappa shape index (κ3) is 5.44. The first-order valence-electron chi connectivity index (χ1n) is 5.98. The maximum atomic E-state index is 12.6. The highest BCUT2D eigenvalue weighted by atomic mass is 19.4. The van der Waals surface area contributed by atoms with Crippen LogP contribution in [0.2, 0.25) is 0 Å². The molecule has 0 saturated carbocycles. The van der Waals surface area contributed by atoms with Crippen molar-refractivity contribution in [2.45, 2.75) is 64.0 Å². The summed E-state index contributed by atoms with van der Waals surface area (Å²) in [6, 6.07) is 0. The van der Waals surface area contributed by atoms with Gasteiger partial charge < -0.3 is 0 Å². The van der Waals surface area contributed by atoms with Crippen LogP contribution in [0.5, 0.6) is 0 Å². The second-order valence-corrected chi connectivity index (χ2v) is 4.25. The molecule has 91 valence electrons. The molecular weight excluding hydrogens is 213 g/mol. The zero-order valence-corrected chi connectivity index (χ0v) is 9.50. The molecule has 0 aliphatic heterocycles. The van der Waals surface area contributed by atoms with Gasteiger partial charge in [-0.3, -0.25) is 0 Å². The number of hydrogen-bond donors (Lipinski definition) is 0. The van der Waals surface area contributed by atoms with Crippen LogP contribution in [-0.2, 0) is 0 Å². The molecule has 0 aromatic rings. The van der Waals surface area contributed by atoms with E-state index in [-0.39, 0.29) is 18.8 Å². The molecular formula is C13H18F3. The normalized spacial score (nSPS) is 21.4. The van der Waals surface area contributed by atoms with E-state index in [9.17, 15) is 13.2 Å². The Morgan fingerprint density at radius 2 is 1.44 bits per heavy atom. The van der Waals surface area contributed by atoms with E-state index in [1.54, 1.807) is 0 Å². The lowest BCUT2D eigenvalue weighted by Crippen LogP contribution is -2.20. The minimum atomic E-state index is -4.15. The number of alkyl halides is 3. The van der Waals surface area contributed by atoms with Crippen LogP contribution in [0.15, 0.2) is 0 Å². The fraction of sp³-hybridized carbons (Fsp3) is 0.769. The zero-order valence-electron chi connectivity index (χ0n) is 9.50. The number of halogens is 3. The lowest BCUT2D eigenvalue weighted by molar-refractivity contribution is -0.117. The maximum Gasteiger partial charge on any atom is 0.396 e. The van der Waals surface area contributed by atoms with Crippen molar-refractivity contribution in [3.8, 4) is 11.8 Å². The Kier molecular flexibility index (Phi) is 5.73. The van der Waals surface area contributed by atoms with Crippen molar-refractivity contribution in [3.63, 3.8) is 0 Å². The summed E-state index contributed by atoms with van der Waals surface area (Å²) in [6.45, 7) is 0. The Morgan fingerprint density at radius 3 is 2.12 bits per heavy atom. The van der Waals surface area contributed by atoms with Gasteiger partial charge >= 0.3 is 6.18 Å². The first-order valence-corrected chi connectivity index (χ1v) is 5.98. The molecule has 0 fully saturated rings. The third-order valence-corrected chi connectivity index (χ3v) is 2.86. The molecule has 1 aliphatic carbocycles. The van der Waals surface area contributed by atoms with Crippen LogP contribution in [0.25, 0.3) is 0 Å². The molecule has 0 saturated heterocycles. The SMILES string of the molecule is FC(F)(F)[C]1CC#CCCCCCCCC1. The minimum Gasteiger partial charge on any atom is -0.170 e. The molecule has 16 heavy (non-hydrogen) atoms. The molecule has 1 radical (unpaired) electrons. The molecule has 0 bridgehead atoms. The Bertz CT molecular complexity index is 244. The molecule has 0 heterocycles. The van der Waals surface area contributed by atoms with Crippen LogP contribution in [0.4, 0.5) is 13.2 Å². The van der Waals surface area contributed by atoms with Gasteiger partial charge in [-0.1, -0.05) is 32.1 Å². The molecule has 1 aliphatic rings. The Balaban J connectivity index is 2.51. The average molecular weight is 231 g/mol. The Morgan fingerprint density at radius 1 is 0.812 bits per heavy atom. The van der Waals surface area contributed by atoms with Gasteiger partial charge in [-0.15, -0.1) is 11.8 Å². The highest BCUT2D eigenvalue weighted by molar-refractivity contribution is 5.11. The van der Waals surface area contributed by atoms with Crippen molar-refractivity contribution in [3.05, 3.63) is 5.92 Å². The Hall–Kier alpha value is -0.650. The first kappa shape index (κ1) is 13.4. The minimum absolute atomic E-state index is 0.0938. The van der Waals surface area contributed by atoms with Gasteiger partial charge in [0.1, 0.15) is 0 Å². The van der Waals surface area contributed by atoms with Crippen molar-refractivity contribution in [1.29, 1.82) is 0 Å². The smallest absolute Gasteiger partial charge is 0.170 e. The van der Waals surface area contributed by atoms with E-state index in [4.69, 9.17) is 0 Å².